The van der Waals surface area contributed by atoms with Gasteiger partial charge in [-0.2, -0.15) is 22.5 Å². The minimum absolute atomic E-state index is 0.0795. The summed E-state index contributed by atoms with van der Waals surface area (Å²) in [6.45, 7) is 0. The van der Waals surface area contributed by atoms with Crippen LogP contribution >= 0.6 is 0 Å². The zero-order chi connectivity index (χ0) is 15.0. The molecule has 0 aliphatic heterocycles. The Hall–Kier alpha value is -2.63. The third-order valence-electron chi connectivity index (χ3n) is 2.92. The van der Waals surface area contributed by atoms with Gasteiger partial charge in [0.05, 0.1) is 0 Å². The quantitative estimate of drug-likeness (QED) is 0.509. The average Bonchev–Trinajstić information content (AvgIpc) is 2.50. The molecule has 1 aromatic heterocycles. The highest BCUT2D eigenvalue weighted by atomic mass is 19.2. The summed E-state index contributed by atoms with van der Waals surface area (Å²) in [4.78, 5) is 2.47. The Morgan fingerprint density at radius 2 is 1.38 bits per heavy atom. The molecule has 0 radical (unpaired) electrons. The van der Waals surface area contributed by atoms with E-state index in [0.29, 0.717) is 5.39 Å². The number of ether oxygens (including phenoxy) is 1. The van der Waals surface area contributed by atoms with Crippen molar-refractivity contribution in [2.45, 2.75) is 0 Å². The molecule has 1 heterocycles. The van der Waals surface area contributed by atoms with Crippen molar-refractivity contribution in [3.8, 4) is 11.5 Å². The first-order valence-corrected chi connectivity index (χ1v) is 5.93. The van der Waals surface area contributed by atoms with E-state index in [1.54, 1.807) is 36.4 Å². The van der Waals surface area contributed by atoms with Crippen LogP contribution in [0.5, 0.6) is 11.5 Å². The Bertz CT molecular complexity index is 804. The van der Waals surface area contributed by atoms with Gasteiger partial charge < -0.3 is 4.74 Å². The largest absolute Gasteiger partial charge is 0.450 e. The third-order valence-corrected chi connectivity index (χ3v) is 2.92. The molecule has 2 nitrogen and oxygen atoms in total. The van der Waals surface area contributed by atoms with Crippen LogP contribution in [0, 0.1) is 23.5 Å². The Morgan fingerprint density at radius 3 is 2.10 bits per heavy atom. The van der Waals surface area contributed by atoms with Crippen molar-refractivity contribution in [2.75, 3.05) is 0 Å². The number of hydrogen-bond acceptors (Lipinski definition) is 2. The van der Waals surface area contributed by atoms with Crippen LogP contribution in [0.1, 0.15) is 0 Å². The summed E-state index contributed by atoms with van der Waals surface area (Å²) < 4.78 is 58.3. The van der Waals surface area contributed by atoms with E-state index in [2.05, 4.69) is 4.98 Å². The molecule has 0 atom stereocenters. The topological polar surface area (TPSA) is 22.1 Å². The van der Waals surface area contributed by atoms with E-state index < -0.39 is 29.3 Å². The van der Waals surface area contributed by atoms with E-state index >= 15 is 0 Å². The highest BCUT2D eigenvalue weighted by molar-refractivity contribution is 5.88. The summed E-state index contributed by atoms with van der Waals surface area (Å²) in [7, 11) is 0. The summed E-state index contributed by atoms with van der Waals surface area (Å²) in [5.74, 6) is -7.95. The molecule has 0 fully saturated rings. The van der Waals surface area contributed by atoms with Gasteiger partial charge in [-0.1, -0.05) is 36.4 Å². The number of pyridine rings is 1. The maximum Gasteiger partial charge on any atom is 0.255 e. The number of rotatable bonds is 2. The van der Waals surface area contributed by atoms with Crippen molar-refractivity contribution in [3.05, 3.63) is 66.0 Å². The number of hydrogen-bond donors (Lipinski definition) is 0. The first kappa shape index (κ1) is 13.4. The van der Waals surface area contributed by atoms with E-state index in [0.717, 1.165) is 5.39 Å². The van der Waals surface area contributed by atoms with Crippen LogP contribution in [0.15, 0.2) is 42.5 Å². The number of halogens is 4. The molecule has 0 aliphatic carbocycles. The van der Waals surface area contributed by atoms with Gasteiger partial charge in [0.1, 0.15) is 5.75 Å². The third kappa shape index (κ3) is 2.29. The molecule has 0 aliphatic rings. The minimum Gasteiger partial charge on any atom is -0.450 e. The van der Waals surface area contributed by atoms with Crippen LogP contribution in [-0.4, -0.2) is 4.98 Å². The molecule has 3 rings (SSSR count). The SMILES string of the molecule is Fc1nc(F)c(F)c(Oc2cccc3ccccc23)c1F. The van der Waals surface area contributed by atoms with Gasteiger partial charge in [-0.15, -0.1) is 0 Å². The van der Waals surface area contributed by atoms with Crippen LogP contribution in [0.3, 0.4) is 0 Å². The van der Waals surface area contributed by atoms with Gasteiger partial charge >= 0.3 is 0 Å². The highest BCUT2D eigenvalue weighted by Crippen LogP contribution is 2.33. The smallest absolute Gasteiger partial charge is 0.255 e. The molecule has 3 aromatic rings. The van der Waals surface area contributed by atoms with Gasteiger partial charge in [-0.05, 0) is 11.5 Å². The molecule has 0 saturated carbocycles. The first-order chi connectivity index (χ1) is 10.1. The van der Waals surface area contributed by atoms with Crippen LogP contribution in [0.25, 0.3) is 10.8 Å². The van der Waals surface area contributed by atoms with Crippen molar-refractivity contribution in [1.29, 1.82) is 0 Å². The molecule has 0 saturated heterocycles. The second kappa shape index (κ2) is 5.05. The van der Waals surface area contributed by atoms with E-state index in [4.69, 9.17) is 4.74 Å². The average molecular weight is 293 g/mol. The number of nitrogens with zero attached hydrogens (tertiary/aromatic N) is 1. The van der Waals surface area contributed by atoms with E-state index in [9.17, 15) is 17.6 Å². The Morgan fingerprint density at radius 1 is 0.762 bits per heavy atom. The fourth-order valence-electron chi connectivity index (χ4n) is 1.95. The summed E-state index contributed by atoms with van der Waals surface area (Å²) >= 11 is 0. The lowest BCUT2D eigenvalue weighted by Crippen LogP contribution is -2.03. The molecule has 2 aromatic carbocycles. The van der Waals surface area contributed by atoms with Gasteiger partial charge in [0.25, 0.3) is 11.9 Å². The summed E-state index contributed by atoms with van der Waals surface area (Å²) in [5.41, 5.74) is 0. The van der Waals surface area contributed by atoms with Crippen molar-refractivity contribution in [1.82, 2.24) is 4.98 Å². The molecule has 0 N–H and O–H groups in total. The van der Waals surface area contributed by atoms with Gasteiger partial charge in [0.15, 0.2) is 0 Å². The molecule has 0 amide bonds. The maximum absolute atomic E-state index is 13.6. The molecule has 21 heavy (non-hydrogen) atoms. The lowest BCUT2D eigenvalue weighted by Gasteiger charge is -2.10. The van der Waals surface area contributed by atoms with E-state index in [-0.39, 0.29) is 5.75 Å². The predicted molar refractivity (Wildman–Crippen MR) is 68.1 cm³/mol. The summed E-state index contributed by atoms with van der Waals surface area (Å²) in [5, 5.41) is 1.31. The first-order valence-electron chi connectivity index (χ1n) is 5.93. The standard InChI is InChI=1S/C15H7F4NO/c16-11-13(12(17)15(19)20-14(11)18)21-10-7-3-5-8-4-1-2-6-9(8)10/h1-7H. The van der Waals surface area contributed by atoms with Gasteiger partial charge in [-0.3, -0.25) is 0 Å². The summed E-state index contributed by atoms with van der Waals surface area (Å²) in [6, 6.07) is 11.7. The Kier molecular flexibility index (Phi) is 3.21. The molecular weight excluding hydrogens is 286 g/mol. The molecule has 0 bridgehead atoms. The van der Waals surface area contributed by atoms with Gasteiger partial charge in [-0.25, -0.2) is 0 Å². The maximum atomic E-state index is 13.6. The molecule has 6 heteroatoms. The monoisotopic (exact) mass is 293 g/mol. The lowest BCUT2D eigenvalue weighted by molar-refractivity contribution is 0.345. The van der Waals surface area contributed by atoms with Gasteiger partial charge in [0.2, 0.25) is 17.4 Å². The minimum atomic E-state index is -1.76. The normalized spacial score (nSPS) is 10.9. The van der Waals surface area contributed by atoms with Crippen LogP contribution in [0.4, 0.5) is 17.6 Å². The van der Waals surface area contributed by atoms with Crippen molar-refractivity contribution >= 4 is 10.8 Å². The molecular formula is C15H7F4NO. The molecule has 106 valence electrons. The fourth-order valence-corrected chi connectivity index (χ4v) is 1.95. The second-order valence-corrected chi connectivity index (χ2v) is 4.23. The molecule has 0 spiro atoms. The van der Waals surface area contributed by atoms with E-state index in [1.807, 2.05) is 0 Å². The Balaban J connectivity index is 2.16. The highest BCUT2D eigenvalue weighted by Gasteiger charge is 2.23. The lowest BCUT2D eigenvalue weighted by atomic mass is 10.1. The van der Waals surface area contributed by atoms with Crippen LogP contribution in [0.2, 0.25) is 0 Å². The summed E-state index contributed by atoms with van der Waals surface area (Å²) in [6.07, 6.45) is 0. The zero-order valence-corrected chi connectivity index (χ0v) is 10.4. The van der Waals surface area contributed by atoms with Crippen LogP contribution < -0.4 is 4.74 Å². The fraction of sp³-hybridized carbons (Fsp3) is 0. The van der Waals surface area contributed by atoms with Crippen LogP contribution in [-0.2, 0) is 0 Å². The number of benzene rings is 2. The van der Waals surface area contributed by atoms with E-state index in [1.165, 1.54) is 6.07 Å². The predicted octanol–water partition coefficient (Wildman–Crippen LogP) is 4.58. The Labute approximate surface area is 116 Å². The van der Waals surface area contributed by atoms with Crippen molar-refractivity contribution in [3.63, 3.8) is 0 Å². The second-order valence-electron chi connectivity index (χ2n) is 4.23. The number of aromatic nitrogens is 1. The van der Waals surface area contributed by atoms with Crippen molar-refractivity contribution in [2.24, 2.45) is 0 Å². The molecule has 0 unspecified atom stereocenters. The zero-order valence-electron chi connectivity index (χ0n) is 10.4. The van der Waals surface area contributed by atoms with Crippen molar-refractivity contribution < 1.29 is 22.3 Å². The number of fused-ring (bicyclic) bond motifs is 1. The van der Waals surface area contributed by atoms with Gasteiger partial charge in [0, 0.05) is 5.39 Å².